The van der Waals surface area contributed by atoms with Gasteiger partial charge in [-0.25, -0.2) is 28.3 Å². The van der Waals surface area contributed by atoms with Crippen LogP contribution in [0.25, 0.3) is 0 Å². The minimum atomic E-state index is -5.24. The van der Waals surface area contributed by atoms with Crippen LogP contribution in [0.4, 0.5) is 15.3 Å². The smallest absolute Gasteiger partial charge is 0.456 e. The maximum absolute atomic E-state index is 14.4. The van der Waals surface area contributed by atoms with E-state index >= 15 is 0 Å². The van der Waals surface area contributed by atoms with Crippen molar-refractivity contribution in [2.45, 2.75) is 202 Å². The lowest BCUT2D eigenvalue weighted by molar-refractivity contribution is -0.155. The first-order valence-electron chi connectivity index (χ1n) is 34.2. The molecule has 10 amide bonds. The number of primary amides is 1. The van der Waals surface area contributed by atoms with Gasteiger partial charge < -0.3 is 82.5 Å². The van der Waals surface area contributed by atoms with Crippen molar-refractivity contribution < 1.29 is 99.2 Å². The van der Waals surface area contributed by atoms with E-state index in [1.807, 2.05) is 0 Å². The highest BCUT2D eigenvalue weighted by Gasteiger charge is 2.39. The second-order valence-electron chi connectivity index (χ2n) is 26.3. The molecule has 13 atom stereocenters. The Hall–Kier alpha value is -7.80. The van der Waals surface area contributed by atoms with E-state index in [9.17, 15) is 71.7 Å². The van der Waals surface area contributed by atoms with Gasteiger partial charge in [-0.1, -0.05) is 103 Å². The molecular formula is C68H106ClN11O21P2. The Balaban J connectivity index is 1.79. The number of phosphoric ester groups is 2. The molecule has 2 aromatic rings. The molecule has 0 saturated carbocycles. The fraction of sp³-hybridized carbons (Fsp3) is 0.603. The van der Waals surface area contributed by atoms with Crippen LogP contribution < -0.4 is 48.7 Å². The van der Waals surface area contributed by atoms with Crippen molar-refractivity contribution in [3.8, 4) is 0 Å². The van der Waals surface area contributed by atoms with Crippen molar-refractivity contribution in [3.05, 3.63) is 88.0 Å². The SMILES string of the molecule is C/C=C(\C)[C@H]1OC(=O)[C@@H](C)NC(=O)[C@H](C(C)CC)NC(=O)CN(C)C(=O)[C@@H](Cc2ccc(Cl)cc2)N(C)C(=O)[C@H](C)NC(=O)[C@@H](CC(C)C)OC(=O)/C(C)=C/C[C@H](OC(=O)NCCCCCOP(=O)(O)OP(=O)(O)OCc2ccc(NC(=O)[C@H](CCCNC(N)=O)NC(=O)[C@H](N)C(C)C)cc2)[C@@H]1C. The van der Waals surface area contributed by atoms with Gasteiger partial charge in [-0.05, 0) is 132 Å². The Morgan fingerprint density at radius 2 is 1.41 bits per heavy atom. The van der Waals surface area contributed by atoms with Crippen LogP contribution in [0.3, 0.4) is 0 Å². The van der Waals surface area contributed by atoms with Crippen LogP contribution >= 0.6 is 27.2 Å². The van der Waals surface area contributed by atoms with E-state index in [0.29, 0.717) is 22.6 Å². The number of amides is 10. The number of carbonyl (C=O) groups excluding carboxylic acids is 11. The van der Waals surface area contributed by atoms with Crippen LogP contribution in [0.1, 0.15) is 146 Å². The summed E-state index contributed by atoms with van der Waals surface area (Å²) in [4.78, 5) is 172. The van der Waals surface area contributed by atoms with Gasteiger partial charge in [0.2, 0.25) is 35.4 Å². The molecule has 0 aliphatic carbocycles. The monoisotopic (exact) mass is 1510 g/mol. The number of unbranched alkanes of at least 4 members (excludes halogenated alkanes) is 2. The van der Waals surface area contributed by atoms with E-state index < -0.39 is 167 Å². The van der Waals surface area contributed by atoms with Gasteiger partial charge in [0.15, 0.2) is 6.10 Å². The minimum absolute atomic E-state index is 0.0202. The Labute approximate surface area is 607 Å². The first-order chi connectivity index (χ1) is 48.2. The van der Waals surface area contributed by atoms with Crippen molar-refractivity contribution >= 4 is 98.3 Å². The lowest BCUT2D eigenvalue weighted by Crippen LogP contribution is -2.57. The molecule has 1 aliphatic heterocycles. The molecule has 3 rings (SSSR count). The highest BCUT2D eigenvalue weighted by Crippen LogP contribution is 2.60. The summed E-state index contributed by atoms with van der Waals surface area (Å²) >= 11 is 6.17. The molecule has 35 heteroatoms. The number of likely N-dealkylation sites (N-methyl/N-ethyl adjacent to an activating group) is 2. The van der Waals surface area contributed by atoms with E-state index in [1.54, 1.807) is 92.7 Å². The lowest BCUT2D eigenvalue weighted by Gasteiger charge is -2.33. The molecule has 0 aromatic heterocycles. The second kappa shape index (κ2) is 43.5. The molecule has 103 heavy (non-hydrogen) atoms. The van der Waals surface area contributed by atoms with E-state index in [4.69, 9.17) is 46.3 Å². The highest BCUT2D eigenvalue weighted by molar-refractivity contribution is 7.61. The second-order valence-corrected chi connectivity index (χ2v) is 29.8. The first kappa shape index (κ1) is 89.4. The number of carbonyl (C=O) groups is 11. The summed E-state index contributed by atoms with van der Waals surface area (Å²) in [5.41, 5.74) is 12.7. The van der Waals surface area contributed by atoms with Crippen molar-refractivity contribution in [1.82, 2.24) is 41.7 Å². The number of hydrogen-bond acceptors (Lipinski definition) is 20. The van der Waals surface area contributed by atoms with Gasteiger partial charge in [0, 0.05) is 62.2 Å². The van der Waals surface area contributed by atoms with E-state index in [-0.39, 0.29) is 93.1 Å². The van der Waals surface area contributed by atoms with Gasteiger partial charge in [-0.2, -0.15) is 4.31 Å². The molecule has 576 valence electrons. The van der Waals surface area contributed by atoms with Gasteiger partial charge in [0.05, 0.1) is 25.8 Å². The predicted molar refractivity (Wildman–Crippen MR) is 382 cm³/mol. The van der Waals surface area contributed by atoms with Gasteiger partial charge in [0.25, 0.3) is 5.91 Å². The molecule has 1 aliphatic rings. The predicted octanol–water partition coefficient (Wildman–Crippen LogP) is 6.10. The normalized spacial score (nSPS) is 23.2. The molecule has 0 spiro atoms. The maximum Gasteiger partial charge on any atom is 0.481 e. The van der Waals surface area contributed by atoms with Gasteiger partial charge >= 0.3 is 39.7 Å². The van der Waals surface area contributed by atoms with Crippen molar-refractivity contribution in [2.24, 2.45) is 35.1 Å². The number of allylic oxidation sites excluding steroid dienone is 1. The average molecular weight is 1510 g/mol. The van der Waals surface area contributed by atoms with Crippen LogP contribution in [0.2, 0.25) is 5.02 Å². The minimum Gasteiger partial charge on any atom is -0.456 e. The molecule has 3 unspecified atom stereocenters. The molecule has 0 fully saturated rings. The number of nitrogens with two attached hydrogens (primary N) is 2. The number of alkyl carbamates (subject to hydrolysis) is 1. The van der Waals surface area contributed by atoms with Crippen molar-refractivity contribution in [2.75, 3.05) is 45.7 Å². The van der Waals surface area contributed by atoms with Gasteiger partial charge in [0.1, 0.15) is 42.4 Å². The Morgan fingerprint density at radius 1 is 0.796 bits per heavy atom. The largest absolute Gasteiger partial charge is 0.481 e. The number of ether oxygens (including phenoxy) is 3. The topological polar surface area (TPSA) is 460 Å². The van der Waals surface area contributed by atoms with Crippen LogP contribution in [-0.4, -0.2) is 180 Å². The number of hydrogen-bond donors (Lipinski definition) is 11. The third-order valence-corrected chi connectivity index (χ3v) is 19.8. The Morgan fingerprint density at radius 3 is 2.01 bits per heavy atom. The van der Waals surface area contributed by atoms with Crippen LogP contribution in [0, 0.1) is 23.7 Å². The summed E-state index contributed by atoms with van der Waals surface area (Å²) in [5.74, 6) is -8.50. The summed E-state index contributed by atoms with van der Waals surface area (Å²) < 4.78 is 57.8. The summed E-state index contributed by atoms with van der Waals surface area (Å²) in [6.07, 6.45) is -0.457. The highest BCUT2D eigenvalue weighted by atomic mass is 35.5. The Kier molecular flexibility index (Phi) is 37.7. The molecule has 0 bridgehead atoms. The summed E-state index contributed by atoms with van der Waals surface area (Å²) in [7, 11) is -7.71. The molecular weight excluding hydrogens is 1400 g/mol. The molecule has 2 aromatic carbocycles. The summed E-state index contributed by atoms with van der Waals surface area (Å²) in [5, 5.41) is 18.7. The maximum atomic E-state index is 14.4. The van der Waals surface area contributed by atoms with E-state index in [1.165, 1.54) is 65.2 Å². The third kappa shape index (κ3) is 31.6. The molecule has 0 saturated heterocycles. The number of anilines is 1. The Bertz CT molecular complexity index is 3380. The lowest BCUT2D eigenvalue weighted by atomic mass is 9.90. The number of nitrogens with one attached hydrogen (secondary N) is 7. The molecule has 0 radical (unpaired) electrons. The number of phosphoric acid groups is 2. The van der Waals surface area contributed by atoms with E-state index in [0.717, 1.165) is 9.80 Å². The average Bonchev–Trinajstić information content (AvgIpc) is 0.825. The quantitative estimate of drug-likeness (QED) is 0.0144. The van der Waals surface area contributed by atoms with E-state index in [2.05, 4.69) is 41.5 Å². The molecule has 13 N–H and O–H groups in total. The van der Waals surface area contributed by atoms with Crippen LogP contribution in [-0.2, 0) is 92.9 Å². The fourth-order valence-corrected chi connectivity index (χ4v) is 12.5. The number of esters is 2. The number of halogens is 1. The summed E-state index contributed by atoms with van der Waals surface area (Å²) in [6, 6.07) is 4.49. The zero-order valence-electron chi connectivity index (χ0n) is 61.2. The number of nitrogens with zero attached hydrogens (tertiary/aromatic N) is 2. The standard InChI is InChI=1S/C68H106ClN11O21P2/c1-15-41(7)57-62(85)75-46(12)66(89)100-58(42(8)16-2)44(10)53(31-22-43(9)65(88)98-54(35-39(3)4)60(83)74-45(11)63(86)80(14)52(36-47-23-27-49(69)28-24-47)64(87)79(13)37-55(81)78-57)99-68(91)73-32-18-17-19-34-96-102(92,93)101-103(94,95)97-38-48-25-29-50(30-26-48)76-59(82)51(21-20-33-72-67(71)90)77-61(84)56(70)40(5)6/h16,22-30,39-41,44-46,51-54,56-58H,15,17-21,31-38,70H2,1-14H3,(H,73,91)(H,74,83)(H,75,85)(H,76,82)(H,77,84)(H,78,81)(H,92,93)(H,94,95)(H3,71,72,90)/b42-16+,43-22+/t41?,44-,45-,46+,51-,52+,53-,54+,56+,57-,58+/m0/s1. The number of benzene rings is 2. The molecule has 32 nitrogen and oxygen atoms in total. The van der Waals surface area contributed by atoms with Gasteiger partial charge in [-0.15, -0.1) is 0 Å². The molecule has 1 heterocycles. The van der Waals surface area contributed by atoms with Crippen LogP contribution in [0.5, 0.6) is 0 Å². The third-order valence-electron chi connectivity index (χ3n) is 16.9. The van der Waals surface area contributed by atoms with Crippen molar-refractivity contribution in [1.29, 1.82) is 0 Å². The van der Waals surface area contributed by atoms with Gasteiger partial charge in [-0.3, -0.25) is 42.6 Å². The number of rotatable bonds is 29. The number of cyclic esters (lactones) is 2. The van der Waals surface area contributed by atoms with Crippen LogP contribution in [0.15, 0.2) is 71.8 Å². The zero-order valence-corrected chi connectivity index (χ0v) is 63.7. The number of urea groups is 1. The zero-order chi connectivity index (χ0) is 77.6. The first-order valence-corrected chi connectivity index (χ1v) is 37.5. The fourth-order valence-electron chi connectivity index (χ4n) is 10.3. The van der Waals surface area contributed by atoms with Crippen molar-refractivity contribution in [3.63, 3.8) is 0 Å². The summed E-state index contributed by atoms with van der Waals surface area (Å²) in [6.45, 7) is 18.2.